The summed E-state index contributed by atoms with van der Waals surface area (Å²) in [6.45, 7) is 1.79. The molecule has 1 heterocycles. The minimum absolute atomic E-state index is 0.00450. The summed E-state index contributed by atoms with van der Waals surface area (Å²) in [5.41, 5.74) is 1.69. The summed E-state index contributed by atoms with van der Waals surface area (Å²) in [5.74, 6) is -0.437. The number of hydrogen-bond donors (Lipinski definition) is 1. The molecule has 8 heteroatoms. The molecule has 0 aliphatic rings. The van der Waals surface area contributed by atoms with Gasteiger partial charge >= 0.3 is 5.97 Å². The van der Waals surface area contributed by atoms with E-state index in [1.807, 2.05) is 0 Å². The van der Waals surface area contributed by atoms with Gasteiger partial charge in [-0.25, -0.2) is 14.2 Å². The zero-order valence-electron chi connectivity index (χ0n) is 15.7. The Bertz CT molecular complexity index is 1080. The Kier molecular flexibility index (Phi) is 6.92. The summed E-state index contributed by atoms with van der Waals surface area (Å²) in [6.07, 6.45) is 3.92. The maximum absolute atomic E-state index is 13.9. The van der Waals surface area contributed by atoms with Crippen molar-refractivity contribution in [1.29, 1.82) is 0 Å². The van der Waals surface area contributed by atoms with Crippen molar-refractivity contribution in [3.05, 3.63) is 87.3 Å². The molecule has 154 valence electrons. The quantitative estimate of drug-likeness (QED) is 0.430. The molecule has 30 heavy (non-hydrogen) atoms. The molecule has 0 bridgehead atoms. The van der Waals surface area contributed by atoms with Gasteiger partial charge in [0.2, 0.25) is 5.88 Å². The highest BCUT2D eigenvalue weighted by Crippen LogP contribution is 2.34. The van der Waals surface area contributed by atoms with Crippen molar-refractivity contribution in [2.75, 3.05) is 0 Å². The van der Waals surface area contributed by atoms with E-state index in [2.05, 4.69) is 4.98 Å². The average molecular weight is 448 g/mol. The van der Waals surface area contributed by atoms with Crippen molar-refractivity contribution in [2.45, 2.75) is 13.5 Å². The lowest BCUT2D eigenvalue weighted by Crippen LogP contribution is -1.99. The summed E-state index contributed by atoms with van der Waals surface area (Å²) in [4.78, 5) is 14.8. The number of nitrogens with zero attached hydrogens (tertiary/aromatic N) is 1. The molecule has 5 nitrogen and oxygen atoms in total. The van der Waals surface area contributed by atoms with Gasteiger partial charge in [0.15, 0.2) is 5.75 Å². The van der Waals surface area contributed by atoms with E-state index < -0.39 is 11.8 Å². The van der Waals surface area contributed by atoms with Gasteiger partial charge in [-0.05, 0) is 48.4 Å². The van der Waals surface area contributed by atoms with Crippen molar-refractivity contribution in [3.8, 4) is 17.4 Å². The Labute approximate surface area is 182 Å². The van der Waals surface area contributed by atoms with Crippen molar-refractivity contribution < 1.29 is 23.8 Å². The van der Waals surface area contributed by atoms with Crippen molar-refractivity contribution >= 4 is 35.2 Å². The second-order valence-corrected chi connectivity index (χ2v) is 7.07. The Balaban J connectivity index is 1.68. The van der Waals surface area contributed by atoms with Gasteiger partial charge in [-0.2, -0.15) is 0 Å². The molecule has 0 aliphatic heterocycles. The normalized spacial score (nSPS) is 10.9. The van der Waals surface area contributed by atoms with Crippen molar-refractivity contribution in [1.82, 2.24) is 4.98 Å². The van der Waals surface area contributed by atoms with E-state index in [1.54, 1.807) is 43.3 Å². The molecular weight excluding hydrogens is 432 g/mol. The number of benzene rings is 2. The SMILES string of the molecule is Cc1cc(/C=C/C(=O)O)cc(Cl)c1Oc1ccc(OCc2cccc(Cl)c2F)cn1. The van der Waals surface area contributed by atoms with Crippen LogP contribution in [0.1, 0.15) is 16.7 Å². The summed E-state index contributed by atoms with van der Waals surface area (Å²) in [5, 5.41) is 9.08. The zero-order valence-corrected chi connectivity index (χ0v) is 17.2. The van der Waals surface area contributed by atoms with E-state index in [4.69, 9.17) is 37.8 Å². The largest absolute Gasteiger partial charge is 0.487 e. The number of carboxylic acids is 1. The molecule has 0 fully saturated rings. The van der Waals surface area contributed by atoms with Gasteiger partial charge < -0.3 is 14.6 Å². The monoisotopic (exact) mass is 447 g/mol. The van der Waals surface area contributed by atoms with Crippen molar-refractivity contribution in [3.63, 3.8) is 0 Å². The number of carboxylic acid groups (broad SMARTS) is 1. The Hall–Kier alpha value is -3.09. The van der Waals surface area contributed by atoms with Crippen LogP contribution < -0.4 is 9.47 Å². The summed E-state index contributed by atoms with van der Waals surface area (Å²) in [7, 11) is 0. The molecule has 0 unspecified atom stereocenters. The molecule has 1 aromatic heterocycles. The van der Waals surface area contributed by atoms with Crippen LogP contribution in [-0.4, -0.2) is 16.1 Å². The second-order valence-electron chi connectivity index (χ2n) is 6.26. The lowest BCUT2D eigenvalue weighted by atomic mass is 10.1. The van der Waals surface area contributed by atoms with Crippen LogP contribution in [-0.2, 0) is 11.4 Å². The van der Waals surface area contributed by atoms with Gasteiger partial charge in [0, 0.05) is 17.7 Å². The number of rotatable bonds is 7. The lowest BCUT2D eigenvalue weighted by Gasteiger charge is -2.12. The third-order valence-corrected chi connectivity index (χ3v) is 4.58. The standard InChI is InChI=1S/C22H16Cl2FNO4/c1-13-9-14(5-8-20(27)28)10-18(24)22(13)30-19-7-6-16(11-26-19)29-12-15-3-2-4-17(23)21(15)25/h2-11H,12H2,1H3,(H,27,28)/b8-5+. The van der Waals surface area contributed by atoms with Gasteiger partial charge in [0.05, 0.1) is 16.2 Å². The average Bonchev–Trinajstić information content (AvgIpc) is 2.71. The van der Waals surface area contributed by atoms with Gasteiger partial charge in [0.1, 0.15) is 18.2 Å². The molecule has 3 aromatic rings. The molecule has 0 aliphatic carbocycles. The maximum atomic E-state index is 13.9. The van der Waals surface area contributed by atoms with Crippen LogP contribution in [0.3, 0.4) is 0 Å². The molecule has 0 spiro atoms. The first-order valence-corrected chi connectivity index (χ1v) is 9.50. The minimum Gasteiger partial charge on any atom is -0.487 e. The molecule has 0 atom stereocenters. The summed E-state index contributed by atoms with van der Waals surface area (Å²) in [6, 6.07) is 11.3. The Morgan fingerprint density at radius 3 is 2.67 bits per heavy atom. The highest BCUT2D eigenvalue weighted by Gasteiger charge is 2.11. The Morgan fingerprint density at radius 2 is 2.00 bits per heavy atom. The fourth-order valence-corrected chi connectivity index (χ4v) is 3.10. The summed E-state index contributed by atoms with van der Waals surface area (Å²) < 4.78 is 25.2. The highest BCUT2D eigenvalue weighted by atomic mass is 35.5. The smallest absolute Gasteiger partial charge is 0.328 e. The summed E-state index contributed by atoms with van der Waals surface area (Å²) >= 11 is 12.0. The van der Waals surface area contributed by atoms with Crippen LogP contribution in [0.5, 0.6) is 17.4 Å². The van der Waals surface area contributed by atoms with E-state index in [0.717, 1.165) is 6.08 Å². The van der Waals surface area contributed by atoms with Gasteiger partial charge in [0.25, 0.3) is 0 Å². The molecule has 0 saturated heterocycles. The van der Waals surface area contributed by atoms with Gasteiger partial charge in [-0.3, -0.25) is 0 Å². The highest BCUT2D eigenvalue weighted by molar-refractivity contribution is 6.32. The van der Waals surface area contributed by atoms with Crippen LogP contribution in [0, 0.1) is 12.7 Å². The fourth-order valence-electron chi connectivity index (χ4n) is 2.59. The third-order valence-electron chi connectivity index (χ3n) is 4.01. The predicted octanol–water partition coefficient (Wildman–Crippen LogP) is 6.31. The molecular formula is C22H16Cl2FNO4. The maximum Gasteiger partial charge on any atom is 0.328 e. The Morgan fingerprint density at radius 1 is 1.20 bits per heavy atom. The predicted molar refractivity (Wildman–Crippen MR) is 113 cm³/mol. The number of aliphatic carboxylic acids is 1. The number of aryl methyl sites for hydroxylation is 1. The first-order valence-electron chi connectivity index (χ1n) is 8.74. The van der Waals surface area contributed by atoms with Crippen LogP contribution >= 0.6 is 23.2 Å². The fraction of sp³-hybridized carbons (Fsp3) is 0.0909. The number of pyridine rings is 1. The van der Waals surface area contributed by atoms with Crippen LogP contribution in [0.4, 0.5) is 4.39 Å². The molecule has 3 rings (SSSR count). The van der Waals surface area contributed by atoms with Gasteiger partial charge in [-0.1, -0.05) is 35.3 Å². The number of carbonyl (C=O) groups is 1. The van der Waals surface area contributed by atoms with E-state index in [9.17, 15) is 9.18 Å². The number of ether oxygens (including phenoxy) is 2. The van der Waals surface area contributed by atoms with Crippen molar-refractivity contribution in [2.24, 2.45) is 0 Å². The van der Waals surface area contributed by atoms with Crippen LogP contribution in [0.15, 0.2) is 54.7 Å². The lowest BCUT2D eigenvalue weighted by molar-refractivity contribution is -0.131. The first-order chi connectivity index (χ1) is 14.3. The second kappa shape index (κ2) is 9.61. The van der Waals surface area contributed by atoms with Crippen LogP contribution in [0.2, 0.25) is 10.0 Å². The third kappa shape index (κ3) is 5.49. The molecule has 0 amide bonds. The van der Waals surface area contributed by atoms with Crippen LogP contribution in [0.25, 0.3) is 6.08 Å². The number of halogens is 3. The molecule has 2 aromatic carbocycles. The topological polar surface area (TPSA) is 68.7 Å². The van der Waals surface area contributed by atoms with E-state index in [0.29, 0.717) is 33.2 Å². The van der Waals surface area contributed by atoms with Gasteiger partial charge in [-0.15, -0.1) is 0 Å². The minimum atomic E-state index is -1.05. The first kappa shape index (κ1) is 21.6. The number of hydrogen-bond acceptors (Lipinski definition) is 4. The molecule has 0 saturated carbocycles. The van der Waals surface area contributed by atoms with E-state index in [-0.39, 0.29) is 17.5 Å². The molecule has 1 N–H and O–H groups in total. The molecule has 0 radical (unpaired) electrons. The van der Waals surface area contributed by atoms with E-state index >= 15 is 0 Å². The van der Waals surface area contributed by atoms with E-state index in [1.165, 1.54) is 18.3 Å². The zero-order chi connectivity index (χ0) is 21.7. The number of aromatic nitrogens is 1.